The fourth-order valence-corrected chi connectivity index (χ4v) is 3.62. The van der Waals surface area contributed by atoms with E-state index in [-0.39, 0.29) is 5.91 Å². The molecule has 4 rings (SSSR count). The maximum atomic E-state index is 12.8. The number of para-hydroxylation sites is 1. The molecule has 0 bridgehead atoms. The van der Waals surface area contributed by atoms with Crippen LogP contribution in [-0.2, 0) is 13.0 Å². The maximum absolute atomic E-state index is 12.8. The number of fused-ring (bicyclic) bond motifs is 1. The highest BCUT2D eigenvalue weighted by atomic mass is 32.1. The van der Waals surface area contributed by atoms with Crippen molar-refractivity contribution in [1.29, 1.82) is 0 Å². The molecule has 0 fully saturated rings. The van der Waals surface area contributed by atoms with Crippen LogP contribution in [0.3, 0.4) is 0 Å². The molecule has 0 saturated carbocycles. The Kier molecular flexibility index (Phi) is 4.50. The summed E-state index contributed by atoms with van der Waals surface area (Å²) in [6.45, 7) is 2.73. The molecule has 0 saturated heterocycles. The van der Waals surface area contributed by atoms with Gasteiger partial charge in [0.2, 0.25) is 5.13 Å². The molecule has 1 N–H and O–H groups in total. The number of hydrogen-bond donors (Lipinski definition) is 1. The second-order valence-electron chi connectivity index (χ2n) is 5.98. The molecular weight excluding hydrogens is 344 g/mol. The highest BCUT2D eigenvalue weighted by Gasteiger charge is 2.16. The van der Waals surface area contributed by atoms with Gasteiger partial charge in [-0.15, -0.1) is 10.2 Å². The molecular formula is C20H18N4OS. The Morgan fingerprint density at radius 1 is 1.08 bits per heavy atom. The number of rotatable bonds is 5. The Morgan fingerprint density at radius 2 is 1.85 bits per heavy atom. The Balaban J connectivity index is 1.67. The molecule has 0 spiro atoms. The first-order valence-corrected chi connectivity index (χ1v) is 9.32. The van der Waals surface area contributed by atoms with Crippen molar-refractivity contribution in [2.75, 3.05) is 5.32 Å². The molecule has 2 aromatic carbocycles. The number of aromatic nitrogens is 3. The normalized spacial score (nSPS) is 11.0. The van der Waals surface area contributed by atoms with Crippen LogP contribution < -0.4 is 5.32 Å². The van der Waals surface area contributed by atoms with E-state index in [1.807, 2.05) is 55.6 Å². The average molecular weight is 362 g/mol. The van der Waals surface area contributed by atoms with E-state index in [1.165, 1.54) is 16.9 Å². The first-order chi connectivity index (χ1) is 12.7. The molecule has 5 nitrogen and oxygen atoms in total. The van der Waals surface area contributed by atoms with Gasteiger partial charge in [0.1, 0.15) is 5.01 Å². The predicted molar refractivity (Wildman–Crippen MR) is 105 cm³/mol. The van der Waals surface area contributed by atoms with Crippen LogP contribution in [0.5, 0.6) is 0 Å². The second-order valence-corrected chi connectivity index (χ2v) is 7.04. The maximum Gasteiger partial charge on any atom is 0.259 e. The average Bonchev–Trinajstić information content (AvgIpc) is 3.27. The number of carbonyl (C=O) groups excluding carboxylic acids is 1. The van der Waals surface area contributed by atoms with Crippen LogP contribution in [0.15, 0.2) is 60.8 Å². The quantitative estimate of drug-likeness (QED) is 0.574. The topological polar surface area (TPSA) is 59.8 Å². The van der Waals surface area contributed by atoms with Gasteiger partial charge in [-0.25, -0.2) is 0 Å². The lowest BCUT2D eigenvalue weighted by Crippen LogP contribution is -2.11. The highest BCUT2D eigenvalue weighted by molar-refractivity contribution is 7.15. The summed E-state index contributed by atoms with van der Waals surface area (Å²) in [5.41, 5.74) is 2.87. The van der Waals surface area contributed by atoms with Gasteiger partial charge in [-0.2, -0.15) is 0 Å². The molecule has 0 radical (unpaired) electrons. The smallest absolute Gasteiger partial charge is 0.259 e. The van der Waals surface area contributed by atoms with Crippen LogP contribution in [0, 0.1) is 0 Å². The Bertz CT molecular complexity index is 1050. The number of aryl methyl sites for hydroxylation is 1. The Hall–Kier alpha value is -2.99. The monoisotopic (exact) mass is 362 g/mol. The second kappa shape index (κ2) is 7.09. The zero-order chi connectivity index (χ0) is 17.9. The molecule has 1 amide bonds. The lowest BCUT2D eigenvalue weighted by molar-refractivity contribution is 0.102. The zero-order valence-electron chi connectivity index (χ0n) is 14.3. The third-order valence-electron chi connectivity index (χ3n) is 4.22. The molecule has 2 aromatic heterocycles. The van der Waals surface area contributed by atoms with Crippen LogP contribution in [0.25, 0.3) is 10.9 Å². The van der Waals surface area contributed by atoms with E-state index in [0.717, 1.165) is 22.3 Å². The molecule has 0 aliphatic heterocycles. The van der Waals surface area contributed by atoms with Gasteiger partial charge in [0, 0.05) is 23.6 Å². The van der Waals surface area contributed by atoms with Crippen molar-refractivity contribution in [2.45, 2.75) is 19.9 Å². The van der Waals surface area contributed by atoms with Crippen LogP contribution in [0.2, 0.25) is 0 Å². The molecule has 2 heterocycles. The van der Waals surface area contributed by atoms with E-state index in [9.17, 15) is 4.79 Å². The number of benzene rings is 2. The van der Waals surface area contributed by atoms with Crippen molar-refractivity contribution < 1.29 is 4.79 Å². The van der Waals surface area contributed by atoms with Gasteiger partial charge in [-0.3, -0.25) is 10.1 Å². The van der Waals surface area contributed by atoms with E-state index in [4.69, 9.17) is 0 Å². The lowest BCUT2D eigenvalue weighted by Gasteiger charge is -2.05. The van der Waals surface area contributed by atoms with Gasteiger partial charge in [0.05, 0.1) is 5.56 Å². The summed E-state index contributed by atoms with van der Waals surface area (Å²) in [7, 11) is 0. The molecule has 130 valence electrons. The van der Waals surface area contributed by atoms with Crippen molar-refractivity contribution in [2.24, 2.45) is 0 Å². The van der Waals surface area contributed by atoms with E-state index < -0.39 is 0 Å². The highest BCUT2D eigenvalue weighted by Crippen LogP contribution is 2.24. The lowest BCUT2D eigenvalue weighted by atomic mass is 10.1. The molecule has 0 unspecified atom stereocenters. The third-order valence-corrected chi connectivity index (χ3v) is 5.20. The molecule has 0 atom stereocenters. The van der Waals surface area contributed by atoms with Gasteiger partial charge < -0.3 is 4.57 Å². The van der Waals surface area contributed by atoms with E-state index in [1.54, 1.807) is 0 Å². The summed E-state index contributed by atoms with van der Waals surface area (Å²) >= 11 is 1.41. The number of nitrogens with one attached hydrogen (secondary N) is 1. The standard InChI is InChI=1S/C20H18N4OS/c1-2-18-22-23-20(26-18)21-19(25)16-13-24(12-14-8-4-3-5-9-14)17-11-7-6-10-15(16)17/h3-11,13H,2,12H2,1H3,(H,21,23,25). The fraction of sp³-hybridized carbons (Fsp3) is 0.150. The predicted octanol–water partition coefficient (Wildman–Crippen LogP) is 4.36. The summed E-state index contributed by atoms with van der Waals surface area (Å²) in [6, 6.07) is 18.2. The summed E-state index contributed by atoms with van der Waals surface area (Å²) in [5, 5.41) is 13.3. The summed E-state index contributed by atoms with van der Waals surface area (Å²) in [4.78, 5) is 12.8. The molecule has 6 heteroatoms. The molecule has 4 aromatic rings. The SMILES string of the molecule is CCc1nnc(NC(=O)c2cn(Cc3ccccc3)c3ccccc23)s1. The molecule has 0 aliphatic rings. The number of amides is 1. The van der Waals surface area contributed by atoms with E-state index >= 15 is 0 Å². The minimum absolute atomic E-state index is 0.160. The van der Waals surface area contributed by atoms with Crippen molar-refractivity contribution in [1.82, 2.24) is 14.8 Å². The minimum Gasteiger partial charge on any atom is -0.342 e. The van der Waals surface area contributed by atoms with E-state index in [0.29, 0.717) is 17.2 Å². The number of carbonyl (C=O) groups is 1. The number of nitrogens with zero attached hydrogens (tertiary/aromatic N) is 3. The van der Waals surface area contributed by atoms with Crippen LogP contribution >= 0.6 is 11.3 Å². The molecule has 26 heavy (non-hydrogen) atoms. The van der Waals surface area contributed by atoms with Gasteiger partial charge in [-0.1, -0.05) is 66.8 Å². The Morgan fingerprint density at radius 3 is 2.62 bits per heavy atom. The van der Waals surface area contributed by atoms with Gasteiger partial charge in [-0.05, 0) is 18.1 Å². The fourth-order valence-electron chi connectivity index (χ4n) is 2.95. The minimum atomic E-state index is -0.160. The van der Waals surface area contributed by atoms with Crippen LogP contribution in [-0.4, -0.2) is 20.7 Å². The van der Waals surface area contributed by atoms with Crippen molar-refractivity contribution in [3.8, 4) is 0 Å². The largest absolute Gasteiger partial charge is 0.342 e. The van der Waals surface area contributed by atoms with Gasteiger partial charge >= 0.3 is 0 Å². The summed E-state index contributed by atoms with van der Waals surface area (Å²) < 4.78 is 2.11. The summed E-state index contributed by atoms with van der Waals surface area (Å²) in [6.07, 6.45) is 2.72. The Labute approximate surface area is 155 Å². The third kappa shape index (κ3) is 3.23. The molecule has 0 aliphatic carbocycles. The zero-order valence-corrected chi connectivity index (χ0v) is 15.2. The first-order valence-electron chi connectivity index (χ1n) is 8.50. The first kappa shape index (κ1) is 16.5. The van der Waals surface area contributed by atoms with Gasteiger partial charge in [0.15, 0.2) is 0 Å². The van der Waals surface area contributed by atoms with Crippen LogP contribution in [0.4, 0.5) is 5.13 Å². The van der Waals surface area contributed by atoms with Crippen molar-refractivity contribution in [3.63, 3.8) is 0 Å². The van der Waals surface area contributed by atoms with Crippen molar-refractivity contribution in [3.05, 3.63) is 76.9 Å². The van der Waals surface area contributed by atoms with Gasteiger partial charge in [0.25, 0.3) is 5.91 Å². The summed E-state index contributed by atoms with van der Waals surface area (Å²) in [5.74, 6) is -0.160. The van der Waals surface area contributed by atoms with E-state index in [2.05, 4.69) is 32.2 Å². The van der Waals surface area contributed by atoms with Crippen LogP contribution in [0.1, 0.15) is 27.9 Å². The number of anilines is 1. The van der Waals surface area contributed by atoms with Crippen molar-refractivity contribution >= 4 is 33.3 Å². The number of hydrogen-bond acceptors (Lipinski definition) is 4.